The maximum absolute atomic E-state index is 10.0. The fraction of sp³-hybridized carbons (Fsp3) is 0.538. The number of ether oxygens (including phenoxy) is 2. The largest absolute Gasteiger partial charge is 0.454 e. The molecule has 1 aliphatic rings. The Hall–Kier alpha value is -0.680. The van der Waals surface area contributed by atoms with E-state index in [0.717, 1.165) is 12.8 Å². The van der Waals surface area contributed by atoms with E-state index >= 15 is 0 Å². The quantitative estimate of drug-likeness (QED) is 0.877. The van der Waals surface area contributed by atoms with Crippen molar-refractivity contribution < 1.29 is 14.6 Å². The molecule has 2 rings (SSSR count). The molecule has 2 atom stereocenters. The summed E-state index contributed by atoms with van der Waals surface area (Å²) in [5, 5.41) is 10.5. The van der Waals surface area contributed by atoms with Crippen LogP contribution in [-0.2, 0) is 0 Å². The molecule has 19 heavy (non-hydrogen) atoms. The number of aliphatic hydroxyl groups excluding tert-OH is 1. The van der Waals surface area contributed by atoms with Gasteiger partial charge in [0.1, 0.15) is 0 Å². The first-order chi connectivity index (χ1) is 8.63. The van der Waals surface area contributed by atoms with Crippen LogP contribution in [0.3, 0.4) is 0 Å². The molecule has 0 saturated carbocycles. The summed E-state index contributed by atoms with van der Waals surface area (Å²) >= 11 is 6.15. The molecule has 0 fully saturated rings. The third-order valence-corrected chi connectivity index (χ3v) is 3.45. The van der Waals surface area contributed by atoms with Crippen molar-refractivity contribution in [2.24, 2.45) is 5.73 Å². The Kier molecular flexibility index (Phi) is 6.20. The van der Waals surface area contributed by atoms with Crippen LogP contribution in [0.2, 0.25) is 5.02 Å². The highest BCUT2D eigenvalue weighted by Crippen LogP contribution is 2.39. The number of fused-ring (bicyclic) bond motifs is 1. The molecule has 0 unspecified atom stereocenters. The van der Waals surface area contributed by atoms with Gasteiger partial charge >= 0.3 is 0 Å². The fourth-order valence-corrected chi connectivity index (χ4v) is 2.27. The Balaban J connectivity index is 0.00000180. The van der Waals surface area contributed by atoms with Crippen molar-refractivity contribution >= 4 is 24.0 Å². The molecule has 4 nitrogen and oxygen atoms in total. The van der Waals surface area contributed by atoms with Crippen molar-refractivity contribution in [3.05, 3.63) is 22.7 Å². The first kappa shape index (κ1) is 16.4. The number of halogens is 2. The van der Waals surface area contributed by atoms with Gasteiger partial charge < -0.3 is 20.3 Å². The minimum Gasteiger partial charge on any atom is -0.454 e. The van der Waals surface area contributed by atoms with E-state index in [1.807, 2.05) is 0 Å². The second-order valence-electron chi connectivity index (χ2n) is 4.46. The lowest BCUT2D eigenvalue weighted by molar-refractivity contribution is 0.132. The molecule has 3 N–H and O–H groups in total. The third-order valence-electron chi connectivity index (χ3n) is 3.12. The van der Waals surface area contributed by atoms with E-state index in [9.17, 15) is 5.11 Å². The van der Waals surface area contributed by atoms with Gasteiger partial charge in [0.25, 0.3) is 0 Å². The number of nitrogens with two attached hydrogens (primary N) is 1. The number of hydrogen-bond acceptors (Lipinski definition) is 4. The summed E-state index contributed by atoms with van der Waals surface area (Å²) in [6, 6.07) is 2.94. The molecule has 1 aromatic rings. The first-order valence-corrected chi connectivity index (χ1v) is 6.54. The standard InChI is InChI=1S/C13H18ClNO3.ClH/c1-2-3-4-10(16)13(15)8-5-11-12(6-9(8)14)18-7-17-11;/h5-6,10,13,16H,2-4,7,15H2,1H3;1H/t10-,13+;/m1./s1. The lowest BCUT2D eigenvalue weighted by Crippen LogP contribution is -2.26. The summed E-state index contributed by atoms with van der Waals surface area (Å²) < 4.78 is 10.5. The minimum atomic E-state index is -0.595. The zero-order valence-corrected chi connectivity index (χ0v) is 12.3. The van der Waals surface area contributed by atoms with Crippen LogP contribution >= 0.6 is 24.0 Å². The second-order valence-corrected chi connectivity index (χ2v) is 4.87. The van der Waals surface area contributed by atoms with Crippen molar-refractivity contribution in [1.29, 1.82) is 0 Å². The summed E-state index contributed by atoms with van der Waals surface area (Å²) in [5.74, 6) is 1.26. The van der Waals surface area contributed by atoms with Crippen LogP contribution in [-0.4, -0.2) is 18.0 Å². The molecule has 1 heterocycles. The van der Waals surface area contributed by atoms with Gasteiger partial charge in [-0.2, -0.15) is 0 Å². The van der Waals surface area contributed by atoms with Gasteiger partial charge in [-0.15, -0.1) is 12.4 Å². The number of rotatable bonds is 5. The highest BCUT2D eigenvalue weighted by atomic mass is 35.5. The predicted molar refractivity (Wildman–Crippen MR) is 77.3 cm³/mol. The highest BCUT2D eigenvalue weighted by molar-refractivity contribution is 6.31. The number of unbranched alkanes of at least 4 members (excludes halogenated alkanes) is 1. The Morgan fingerprint density at radius 1 is 1.37 bits per heavy atom. The minimum absolute atomic E-state index is 0. The number of hydrogen-bond donors (Lipinski definition) is 2. The Morgan fingerprint density at radius 2 is 2.00 bits per heavy atom. The molecule has 1 aliphatic heterocycles. The van der Waals surface area contributed by atoms with Gasteiger partial charge in [0, 0.05) is 11.1 Å². The molecule has 0 bridgehead atoms. The molecule has 0 amide bonds. The van der Waals surface area contributed by atoms with Gasteiger partial charge in [-0.3, -0.25) is 0 Å². The summed E-state index contributed by atoms with van der Waals surface area (Å²) in [4.78, 5) is 0. The monoisotopic (exact) mass is 307 g/mol. The predicted octanol–water partition coefficient (Wildman–Crippen LogP) is 3.04. The van der Waals surface area contributed by atoms with Gasteiger partial charge in [0.15, 0.2) is 11.5 Å². The fourth-order valence-electron chi connectivity index (χ4n) is 1.99. The molecule has 0 radical (unpaired) electrons. The van der Waals surface area contributed by atoms with Crippen LogP contribution in [0.15, 0.2) is 12.1 Å². The van der Waals surface area contributed by atoms with E-state index in [-0.39, 0.29) is 19.2 Å². The first-order valence-electron chi connectivity index (χ1n) is 6.16. The van der Waals surface area contributed by atoms with Crippen molar-refractivity contribution in [3.8, 4) is 11.5 Å². The van der Waals surface area contributed by atoms with Gasteiger partial charge in [0.05, 0.1) is 12.1 Å². The van der Waals surface area contributed by atoms with Gasteiger partial charge in [-0.1, -0.05) is 31.4 Å². The lowest BCUT2D eigenvalue weighted by Gasteiger charge is -2.20. The topological polar surface area (TPSA) is 64.7 Å². The summed E-state index contributed by atoms with van der Waals surface area (Å²) in [7, 11) is 0. The van der Waals surface area contributed by atoms with E-state index in [1.165, 1.54) is 0 Å². The molecule has 1 aromatic carbocycles. The molecule has 0 aliphatic carbocycles. The van der Waals surface area contributed by atoms with Crippen molar-refractivity contribution in [2.45, 2.75) is 38.3 Å². The maximum atomic E-state index is 10.0. The van der Waals surface area contributed by atoms with Crippen LogP contribution in [0.4, 0.5) is 0 Å². The summed E-state index contributed by atoms with van der Waals surface area (Å²) in [5.41, 5.74) is 6.74. The normalized spacial score (nSPS) is 15.8. The van der Waals surface area contributed by atoms with E-state index in [4.69, 9.17) is 26.8 Å². The molecule has 0 saturated heterocycles. The van der Waals surface area contributed by atoms with E-state index in [1.54, 1.807) is 12.1 Å². The molecular formula is C13H19Cl2NO3. The van der Waals surface area contributed by atoms with E-state index in [0.29, 0.717) is 28.5 Å². The molecule has 6 heteroatoms. The molecular weight excluding hydrogens is 289 g/mol. The SMILES string of the molecule is CCCC[C@@H](O)[C@@H](N)c1cc2c(cc1Cl)OCO2.Cl. The average Bonchev–Trinajstić information content (AvgIpc) is 2.81. The molecule has 0 spiro atoms. The zero-order valence-electron chi connectivity index (χ0n) is 10.8. The summed E-state index contributed by atoms with van der Waals surface area (Å²) in [6.45, 7) is 2.27. The van der Waals surface area contributed by atoms with Crippen molar-refractivity contribution in [1.82, 2.24) is 0 Å². The average molecular weight is 308 g/mol. The van der Waals surface area contributed by atoms with Crippen LogP contribution < -0.4 is 15.2 Å². The number of benzene rings is 1. The maximum Gasteiger partial charge on any atom is 0.231 e. The van der Waals surface area contributed by atoms with Crippen LogP contribution in [0.5, 0.6) is 11.5 Å². The van der Waals surface area contributed by atoms with E-state index in [2.05, 4.69) is 6.92 Å². The van der Waals surface area contributed by atoms with Crippen LogP contribution in [0.1, 0.15) is 37.8 Å². The lowest BCUT2D eigenvalue weighted by atomic mass is 9.98. The molecule has 0 aromatic heterocycles. The smallest absolute Gasteiger partial charge is 0.231 e. The second kappa shape index (κ2) is 7.20. The Labute approximate surface area is 124 Å². The van der Waals surface area contributed by atoms with Crippen LogP contribution in [0.25, 0.3) is 0 Å². The van der Waals surface area contributed by atoms with E-state index < -0.39 is 12.1 Å². The van der Waals surface area contributed by atoms with Crippen molar-refractivity contribution in [3.63, 3.8) is 0 Å². The number of aliphatic hydroxyl groups is 1. The van der Waals surface area contributed by atoms with Crippen LogP contribution in [0, 0.1) is 0 Å². The molecule has 108 valence electrons. The third kappa shape index (κ3) is 3.66. The Bertz CT molecular complexity index is 429. The van der Waals surface area contributed by atoms with Gasteiger partial charge in [-0.05, 0) is 18.1 Å². The summed E-state index contributed by atoms with van der Waals surface area (Å²) in [6.07, 6.45) is 2.04. The highest BCUT2D eigenvalue weighted by Gasteiger charge is 2.23. The van der Waals surface area contributed by atoms with Gasteiger partial charge in [-0.25, -0.2) is 0 Å². The zero-order chi connectivity index (χ0) is 13.1. The Morgan fingerprint density at radius 3 is 2.63 bits per heavy atom. The van der Waals surface area contributed by atoms with Gasteiger partial charge in [0.2, 0.25) is 6.79 Å². The van der Waals surface area contributed by atoms with Crippen molar-refractivity contribution in [2.75, 3.05) is 6.79 Å².